The Morgan fingerprint density at radius 2 is 1.56 bits per heavy atom. The topological polar surface area (TPSA) is 0 Å². The van der Waals surface area contributed by atoms with Crippen LogP contribution in [0.2, 0.25) is 0 Å². The van der Waals surface area contributed by atoms with Crippen molar-refractivity contribution in [2.24, 2.45) is 0 Å². The Bertz CT molecular complexity index is 460. The summed E-state index contributed by atoms with van der Waals surface area (Å²) >= 11 is 0. The normalized spacial score (nSPS) is 34.5. The van der Waals surface area contributed by atoms with Crippen molar-refractivity contribution in [2.45, 2.75) is 23.9 Å². The minimum absolute atomic E-state index is 0.254. The zero-order valence-electron chi connectivity index (χ0n) is 8.13. The van der Waals surface area contributed by atoms with Crippen LogP contribution in [0.25, 0.3) is 0 Å². The first-order valence-electron chi connectivity index (χ1n) is 5.01. The Morgan fingerprint density at radius 3 is 2.19 bits per heavy atom. The first-order valence-corrected chi connectivity index (χ1v) is 5.01. The monoisotopic (exact) mass is 228 g/mol. The summed E-state index contributed by atoms with van der Waals surface area (Å²) in [4.78, 5) is 0. The van der Waals surface area contributed by atoms with Gasteiger partial charge in [-0.05, 0) is 17.2 Å². The molecule has 0 N–H and O–H groups in total. The molecule has 84 valence electrons. The second kappa shape index (κ2) is 2.87. The Balaban J connectivity index is 2.32. The quantitative estimate of drug-likeness (QED) is 0.594. The lowest BCUT2D eigenvalue weighted by Gasteiger charge is -2.38. The zero-order valence-corrected chi connectivity index (χ0v) is 8.13. The number of rotatable bonds is 0. The van der Waals surface area contributed by atoms with Gasteiger partial charge in [0.1, 0.15) is 5.83 Å². The summed E-state index contributed by atoms with van der Waals surface area (Å²) in [5.74, 6) is -7.27. The Hall–Kier alpha value is -1.32. The van der Waals surface area contributed by atoms with Gasteiger partial charge in [-0.2, -0.15) is 0 Å². The number of hydrogen-bond acceptors (Lipinski definition) is 0. The number of halogens is 4. The maximum Gasteiger partial charge on any atom is 0.289 e. The predicted octanol–water partition coefficient (Wildman–Crippen LogP) is 3.71. The molecule has 6 rings (SSSR count). The van der Waals surface area contributed by atoms with Crippen molar-refractivity contribution in [1.29, 1.82) is 0 Å². The van der Waals surface area contributed by atoms with Gasteiger partial charge in [-0.15, -0.1) is 0 Å². The van der Waals surface area contributed by atoms with E-state index in [4.69, 9.17) is 0 Å². The largest absolute Gasteiger partial charge is 0.289 e. The highest BCUT2D eigenvalue weighted by Crippen LogP contribution is 2.52. The standard InChI is InChI=1S/C12H8F4/c13-9-5-8-6-1-3-7(4-2-6)10(9)11(14)12(8,15)16/h1-5,8,10-11H. The lowest BCUT2D eigenvalue weighted by atomic mass is 9.73. The lowest BCUT2D eigenvalue weighted by molar-refractivity contribution is -0.0989. The summed E-state index contributed by atoms with van der Waals surface area (Å²) in [6.07, 6.45) is -1.63. The molecule has 16 heavy (non-hydrogen) atoms. The lowest BCUT2D eigenvalue weighted by Crippen LogP contribution is -2.44. The first kappa shape index (κ1) is 9.87. The number of allylic oxidation sites excluding steroid dienone is 2. The van der Waals surface area contributed by atoms with E-state index in [9.17, 15) is 17.6 Å². The van der Waals surface area contributed by atoms with Gasteiger partial charge in [0, 0.05) is 0 Å². The van der Waals surface area contributed by atoms with Crippen LogP contribution in [0.3, 0.4) is 0 Å². The van der Waals surface area contributed by atoms with E-state index in [1.165, 1.54) is 24.3 Å². The Kier molecular flexibility index (Phi) is 1.77. The zero-order chi connectivity index (χ0) is 11.5. The molecule has 3 atom stereocenters. The molecule has 4 heteroatoms. The van der Waals surface area contributed by atoms with Crippen molar-refractivity contribution < 1.29 is 17.6 Å². The molecule has 5 aliphatic rings. The Labute approximate surface area is 89.6 Å². The van der Waals surface area contributed by atoms with Crippen molar-refractivity contribution >= 4 is 0 Å². The molecule has 0 nitrogen and oxygen atoms in total. The molecule has 0 saturated carbocycles. The van der Waals surface area contributed by atoms with Gasteiger partial charge in [0.25, 0.3) is 5.92 Å². The van der Waals surface area contributed by atoms with E-state index in [0.717, 1.165) is 6.08 Å². The van der Waals surface area contributed by atoms with E-state index in [1.54, 1.807) is 0 Å². The van der Waals surface area contributed by atoms with Gasteiger partial charge in [0.15, 0.2) is 6.17 Å². The third-order valence-corrected chi connectivity index (χ3v) is 3.35. The summed E-state index contributed by atoms with van der Waals surface area (Å²) in [5.41, 5.74) is 0.521. The molecule has 0 amide bonds. The van der Waals surface area contributed by atoms with Gasteiger partial charge in [0.05, 0.1) is 11.8 Å². The van der Waals surface area contributed by atoms with E-state index in [2.05, 4.69) is 0 Å². The molecular formula is C12H8F4. The van der Waals surface area contributed by atoms with Crippen LogP contribution in [0.15, 0.2) is 36.2 Å². The fourth-order valence-corrected chi connectivity index (χ4v) is 2.46. The highest BCUT2D eigenvalue weighted by atomic mass is 19.3. The van der Waals surface area contributed by atoms with Crippen LogP contribution >= 0.6 is 0 Å². The summed E-state index contributed by atoms with van der Waals surface area (Å²) in [5, 5.41) is 0. The minimum atomic E-state index is -3.53. The van der Waals surface area contributed by atoms with Crippen molar-refractivity contribution in [3.05, 3.63) is 47.3 Å². The molecule has 0 heterocycles. The fraction of sp³-hybridized carbons (Fsp3) is 0.333. The molecule has 0 saturated heterocycles. The summed E-state index contributed by atoms with van der Waals surface area (Å²) in [6.45, 7) is 0. The number of alkyl halides is 3. The summed E-state index contributed by atoms with van der Waals surface area (Å²) < 4.78 is 54.6. The van der Waals surface area contributed by atoms with Crippen molar-refractivity contribution in [1.82, 2.24) is 0 Å². The van der Waals surface area contributed by atoms with Gasteiger partial charge in [0.2, 0.25) is 0 Å². The molecule has 1 aromatic rings. The van der Waals surface area contributed by atoms with Crippen LogP contribution in [0.1, 0.15) is 23.0 Å². The highest BCUT2D eigenvalue weighted by molar-refractivity contribution is 5.43. The SMILES string of the molecule is FC1=CC2c3ccc(cc3)C1C(F)C2(F)F. The first-order chi connectivity index (χ1) is 7.51. The van der Waals surface area contributed by atoms with E-state index in [0.29, 0.717) is 0 Å². The van der Waals surface area contributed by atoms with Gasteiger partial charge >= 0.3 is 0 Å². The second-order valence-electron chi connectivity index (χ2n) is 4.25. The van der Waals surface area contributed by atoms with Crippen LogP contribution in [0.5, 0.6) is 0 Å². The molecule has 0 aliphatic heterocycles. The smallest absolute Gasteiger partial charge is 0.240 e. The highest BCUT2D eigenvalue weighted by Gasteiger charge is 2.56. The van der Waals surface area contributed by atoms with E-state index in [-0.39, 0.29) is 11.1 Å². The molecule has 0 fully saturated rings. The number of benzene rings is 1. The third kappa shape index (κ3) is 1.05. The van der Waals surface area contributed by atoms with Crippen LogP contribution < -0.4 is 0 Å². The summed E-state index contributed by atoms with van der Waals surface area (Å²) in [6, 6.07) is 6.05. The fourth-order valence-electron chi connectivity index (χ4n) is 2.46. The van der Waals surface area contributed by atoms with Gasteiger partial charge in [-0.3, -0.25) is 0 Å². The second-order valence-corrected chi connectivity index (χ2v) is 4.25. The van der Waals surface area contributed by atoms with E-state index < -0.39 is 29.8 Å². The van der Waals surface area contributed by atoms with Crippen LogP contribution in [-0.4, -0.2) is 12.1 Å². The molecule has 0 radical (unpaired) electrons. The van der Waals surface area contributed by atoms with Crippen LogP contribution in [0, 0.1) is 0 Å². The summed E-state index contributed by atoms with van der Waals surface area (Å²) in [7, 11) is 0. The van der Waals surface area contributed by atoms with Crippen molar-refractivity contribution in [3.8, 4) is 0 Å². The molecule has 5 aliphatic carbocycles. The van der Waals surface area contributed by atoms with Crippen LogP contribution in [-0.2, 0) is 0 Å². The maximum atomic E-state index is 13.7. The predicted molar refractivity (Wildman–Crippen MR) is 51.0 cm³/mol. The molecular weight excluding hydrogens is 220 g/mol. The van der Waals surface area contributed by atoms with E-state index >= 15 is 0 Å². The van der Waals surface area contributed by atoms with Crippen LogP contribution in [0.4, 0.5) is 17.6 Å². The molecule has 0 spiro atoms. The molecule has 1 aromatic carbocycles. The Morgan fingerprint density at radius 1 is 1.00 bits per heavy atom. The van der Waals surface area contributed by atoms with E-state index in [1.807, 2.05) is 0 Å². The molecule has 4 bridgehead atoms. The number of hydrogen-bond donors (Lipinski definition) is 0. The average molecular weight is 228 g/mol. The van der Waals surface area contributed by atoms with Gasteiger partial charge in [-0.25, -0.2) is 17.6 Å². The van der Waals surface area contributed by atoms with Gasteiger partial charge < -0.3 is 0 Å². The average Bonchev–Trinajstić information content (AvgIpc) is 2.22. The van der Waals surface area contributed by atoms with Gasteiger partial charge in [-0.1, -0.05) is 24.3 Å². The molecule has 0 aromatic heterocycles. The molecule has 3 unspecified atom stereocenters. The minimum Gasteiger partial charge on any atom is -0.240 e. The van der Waals surface area contributed by atoms with Crippen molar-refractivity contribution in [2.75, 3.05) is 0 Å². The van der Waals surface area contributed by atoms with Crippen molar-refractivity contribution in [3.63, 3.8) is 0 Å². The third-order valence-electron chi connectivity index (χ3n) is 3.35. The maximum absolute atomic E-state index is 13.7.